The Labute approximate surface area is 168 Å². The van der Waals surface area contributed by atoms with Crippen LogP contribution in [0.15, 0.2) is 54.9 Å². The number of nitro benzene ring substituents is 1. The lowest BCUT2D eigenvalue weighted by Gasteiger charge is -2.15. The molecule has 0 aliphatic heterocycles. The SMILES string of the molecule is O=[N+]([O-])c1ccc(CNc2cc(-c3ccncc3)nc(NC3CCCC3)n2)cc1. The number of nitro groups is 1. The molecule has 2 heterocycles. The Morgan fingerprint density at radius 1 is 1.03 bits per heavy atom. The predicted octanol–water partition coefficient (Wildman–Crippen LogP) is 4.41. The van der Waals surface area contributed by atoms with Crippen LogP contribution in [-0.2, 0) is 6.54 Å². The average molecular weight is 390 g/mol. The van der Waals surface area contributed by atoms with E-state index in [-0.39, 0.29) is 5.69 Å². The van der Waals surface area contributed by atoms with Gasteiger partial charge in [0, 0.05) is 48.7 Å². The number of hydrogen-bond acceptors (Lipinski definition) is 7. The number of benzene rings is 1. The molecular weight excluding hydrogens is 368 g/mol. The molecular formula is C21H22N6O2. The van der Waals surface area contributed by atoms with E-state index >= 15 is 0 Å². The molecule has 8 nitrogen and oxygen atoms in total. The number of hydrogen-bond donors (Lipinski definition) is 2. The fourth-order valence-electron chi connectivity index (χ4n) is 3.45. The summed E-state index contributed by atoms with van der Waals surface area (Å²) >= 11 is 0. The fourth-order valence-corrected chi connectivity index (χ4v) is 3.45. The second-order valence-electron chi connectivity index (χ2n) is 7.10. The predicted molar refractivity (Wildman–Crippen MR) is 112 cm³/mol. The topological polar surface area (TPSA) is 106 Å². The largest absolute Gasteiger partial charge is 0.366 e. The third kappa shape index (κ3) is 4.84. The van der Waals surface area contributed by atoms with Crippen molar-refractivity contribution >= 4 is 17.5 Å². The smallest absolute Gasteiger partial charge is 0.269 e. The number of nitrogens with one attached hydrogen (secondary N) is 2. The Kier molecular flexibility index (Phi) is 5.60. The average Bonchev–Trinajstić information content (AvgIpc) is 3.26. The van der Waals surface area contributed by atoms with Gasteiger partial charge in [-0.2, -0.15) is 4.98 Å². The minimum Gasteiger partial charge on any atom is -0.366 e. The standard InChI is InChI=1S/C21H22N6O2/c28-27(29)18-7-5-15(6-8-18)14-23-20-13-19(16-9-11-22-12-10-16)25-21(26-20)24-17-3-1-2-4-17/h5-13,17H,1-4,14H2,(H2,23,24,25,26). The maximum Gasteiger partial charge on any atom is 0.269 e. The molecule has 1 aliphatic carbocycles. The van der Waals surface area contributed by atoms with Gasteiger partial charge >= 0.3 is 0 Å². The number of rotatable bonds is 7. The summed E-state index contributed by atoms with van der Waals surface area (Å²) in [4.78, 5) is 23.8. The minimum atomic E-state index is -0.399. The van der Waals surface area contributed by atoms with Gasteiger partial charge < -0.3 is 10.6 Å². The molecule has 0 spiro atoms. The number of aromatic nitrogens is 3. The molecule has 0 radical (unpaired) electrons. The van der Waals surface area contributed by atoms with Crippen LogP contribution < -0.4 is 10.6 Å². The fraction of sp³-hybridized carbons (Fsp3) is 0.286. The van der Waals surface area contributed by atoms with Gasteiger partial charge in [0.2, 0.25) is 5.95 Å². The van der Waals surface area contributed by atoms with Gasteiger partial charge in [-0.1, -0.05) is 25.0 Å². The summed E-state index contributed by atoms with van der Waals surface area (Å²) in [7, 11) is 0. The van der Waals surface area contributed by atoms with E-state index in [9.17, 15) is 10.1 Å². The second-order valence-corrected chi connectivity index (χ2v) is 7.10. The Morgan fingerprint density at radius 2 is 1.76 bits per heavy atom. The van der Waals surface area contributed by atoms with E-state index in [1.807, 2.05) is 18.2 Å². The monoisotopic (exact) mass is 390 g/mol. The molecule has 0 saturated heterocycles. The van der Waals surface area contributed by atoms with E-state index in [2.05, 4.69) is 25.6 Å². The third-order valence-electron chi connectivity index (χ3n) is 5.01. The molecule has 1 aliphatic rings. The summed E-state index contributed by atoms with van der Waals surface area (Å²) < 4.78 is 0. The maximum atomic E-state index is 10.8. The molecule has 148 valence electrons. The summed E-state index contributed by atoms with van der Waals surface area (Å²) in [5, 5.41) is 17.6. The maximum absolute atomic E-state index is 10.8. The zero-order chi connectivity index (χ0) is 20.1. The van der Waals surface area contributed by atoms with Crippen LogP contribution in [0.3, 0.4) is 0 Å². The highest BCUT2D eigenvalue weighted by molar-refractivity contribution is 5.64. The Hall–Kier alpha value is -3.55. The molecule has 0 bridgehead atoms. The van der Waals surface area contributed by atoms with Crippen LogP contribution in [0.2, 0.25) is 0 Å². The Bertz CT molecular complexity index is 972. The first-order valence-electron chi connectivity index (χ1n) is 9.70. The van der Waals surface area contributed by atoms with E-state index in [0.717, 1.165) is 29.7 Å². The van der Waals surface area contributed by atoms with Gasteiger partial charge in [-0.05, 0) is 30.5 Å². The highest BCUT2D eigenvalue weighted by Crippen LogP contribution is 2.25. The van der Waals surface area contributed by atoms with Crippen molar-refractivity contribution in [2.45, 2.75) is 38.3 Å². The van der Waals surface area contributed by atoms with Gasteiger partial charge in [-0.25, -0.2) is 4.98 Å². The van der Waals surface area contributed by atoms with Crippen LogP contribution in [0.25, 0.3) is 11.3 Å². The number of nitrogens with zero attached hydrogens (tertiary/aromatic N) is 4. The number of anilines is 2. The molecule has 2 aromatic heterocycles. The van der Waals surface area contributed by atoms with Crippen molar-refractivity contribution in [3.05, 3.63) is 70.5 Å². The van der Waals surface area contributed by atoms with Crippen molar-refractivity contribution in [2.24, 2.45) is 0 Å². The van der Waals surface area contributed by atoms with Crippen molar-refractivity contribution in [1.82, 2.24) is 15.0 Å². The lowest BCUT2D eigenvalue weighted by Crippen LogP contribution is -2.17. The van der Waals surface area contributed by atoms with Gasteiger partial charge in [0.15, 0.2) is 0 Å². The summed E-state index contributed by atoms with van der Waals surface area (Å²) in [6.07, 6.45) is 8.21. The quantitative estimate of drug-likeness (QED) is 0.454. The summed E-state index contributed by atoms with van der Waals surface area (Å²) in [5.74, 6) is 1.31. The molecule has 3 aromatic rings. The van der Waals surface area contributed by atoms with E-state index < -0.39 is 4.92 Å². The summed E-state index contributed by atoms with van der Waals surface area (Å²) in [5.41, 5.74) is 2.80. The van der Waals surface area contributed by atoms with Crippen LogP contribution in [0.4, 0.5) is 17.5 Å². The molecule has 29 heavy (non-hydrogen) atoms. The molecule has 8 heteroatoms. The van der Waals surface area contributed by atoms with Crippen molar-refractivity contribution < 1.29 is 4.92 Å². The Balaban J connectivity index is 1.54. The van der Waals surface area contributed by atoms with E-state index in [0.29, 0.717) is 24.4 Å². The molecule has 0 amide bonds. The first kappa shape index (κ1) is 18.8. The highest BCUT2D eigenvalue weighted by Gasteiger charge is 2.17. The first-order valence-corrected chi connectivity index (χ1v) is 9.70. The first-order chi connectivity index (χ1) is 14.2. The molecule has 0 unspecified atom stereocenters. The van der Waals surface area contributed by atoms with E-state index in [1.165, 1.54) is 25.0 Å². The van der Waals surface area contributed by atoms with E-state index in [4.69, 9.17) is 0 Å². The molecule has 4 rings (SSSR count). The van der Waals surface area contributed by atoms with Gasteiger partial charge in [0.25, 0.3) is 5.69 Å². The van der Waals surface area contributed by atoms with Gasteiger partial charge in [-0.15, -0.1) is 0 Å². The molecule has 1 fully saturated rings. The van der Waals surface area contributed by atoms with Crippen LogP contribution in [0, 0.1) is 10.1 Å². The van der Waals surface area contributed by atoms with Crippen LogP contribution >= 0.6 is 0 Å². The van der Waals surface area contributed by atoms with Gasteiger partial charge in [0.05, 0.1) is 10.6 Å². The van der Waals surface area contributed by atoms with Crippen LogP contribution in [-0.4, -0.2) is 25.9 Å². The summed E-state index contributed by atoms with van der Waals surface area (Å²) in [6.45, 7) is 0.508. The minimum absolute atomic E-state index is 0.0822. The van der Waals surface area contributed by atoms with Gasteiger partial charge in [0.1, 0.15) is 5.82 Å². The highest BCUT2D eigenvalue weighted by atomic mass is 16.6. The molecule has 1 aromatic carbocycles. The van der Waals surface area contributed by atoms with Crippen molar-refractivity contribution in [1.29, 1.82) is 0 Å². The molecule has 0 atom stereocenters. The Morgan fingerprint density at radius 3 is 2.45 bits per heavy atom. The van der Waals surface area contributed by atoms with Crippen molar-refractivity contribution in [2.75, 3.05) is 10.6 Å². The summed E-state index contributed by atoms with van der Waals surface area (Å²) in [6, 6.07) is 12.6. The lowest BCUT2D eigenvalue weighted by atomic mass is 10.2. The van der Waals surface area contributed by atoms with Crippen molar-refractivity contribution in [3.63, 3.8) is 0 Å². The lowest BCUT2D eigenvalue weighted by molar-refractivity contribution is -0.384. The number of pyridine rings is 1. The van der Waals surface area contributed by atoms with Crippen LogP contribution in [0.5, 0.6) is 0 Å². The second kappa shape index (κ2) is 8.64. The van der Waals surface area contributed by atoms with Crippen LogP contribution in [0.1, 0.15) is 31.2 Å². The number of non-ortho nitro benzene ring substituents is 1. The van der Waals surface area contributed by atoms with E-state index in [1.54, 1.807) is 24.5 Å². The zero-order valence-electron chi connectivity index (χ0n) is 15.9. The zero-order valence-corrected chi connectivity index (χ0v) is 15.9. The molecule has 2 N–H and O–H groups in total. The molecule has 1 saturated carbocycles. The van der Waals surface area contributed by atoms with Crippen molar-refractivity contribution in [3.8, 4) is 11.3 Å². The normalized spacial score (nSPS) is 13.9. The van der Waals surface area contributed by atoms with Gasteiger partial charge in [-0.3, -0.25) is 15.1 Å². The third-order valence-corrected chi connectivity index (χ3v) is 5.01.